The molecule has 4 heteroatoms. The molecule has 0 atom stereocenters. The smallest absolute Gasteiger partial charge is 0.0702 e. The summed E-state index contributed by atoms with van der Waals surface area (Å²) in [5, 5.41) is 3.37. The van der Waals surface area contributed by atoms with E-state index in [9.17, 15) is 0 Å². The molecule has 0 radical (unpaired) electrons. The van der Waals surface area contributed by atoms with Crippen LogP contribution in [0.25, 0.3) is 0 Å². The monoisotopic (exact) mass is 296 g/mol. The van der Waals surface area contributed by atoms with Crippen LogP contribution in [0.4, 0.5) is 11.4 Å². The molecular weight excluding hydrogens is 284 g/mol. The summed E-state index contributed by atoms with van der Waals surface area (Å²) in [6.07, 6.45) is 0. The SMILES string of the molecule is Cc1cc(N)cc(NCc2ccc(Br)s2)c1. The van der Waals surface area contributed by atoms with Gasteiger partial charge in [-0.1, -0.05) is 0 Å². The van der Waals surface area contributed by atoms with Crippen molar-refractivity contribution in [2.45, 2.75) is 13.5 Å². The van der Waals surface area contributed by atoms with Crippen LogP contribution in [0.1, 0.15) is 10.4 Å². The first kappa shape index (κ1) is 11.5. The quantitative estimate of drug-likeness (QED) is 0.840. The molecule has 0 aliphatic rings. The van der Waals surface area contributed by atoms with Crippen molar-refractivity contribution in [2.75, 3.05) is 11.1 Å². The zero-order chi connectivity index (χ0) is 11.5. The molecule has 84 valence electrons. The van der Waals surface area contributed by atoms with Gasteiger partial charge in [0.1, 0.15) is 0 Å². The van der Waals surface area contributed by atoms with E-state index in [1.54, 1.807) is 11.3 Å². The minimum Gasteiger partial charge on any atom is -0.399 e. The molecule has 0 bridgehead atoms. The van der Waals surface area contributed by atoms with Crippen molar-refractivity contribution in [3.8, 4) is 0 Å². The molecule has 0 amide bonds. The summed E-state index contributed by atoms with van der Waals surface area (Å²) in [6, 6.07) is 10.2. The highest BCUT2D eigenvalue weighted by atomic mass is 79.9. The molecule has 0 aliphatic heterocycles. The summed E-state index contributed by atoms with van der Waals surface area (Å²) in [4.78, 5) is 1.30. The Morgan fingerprint density at radius 2 is 2.12 bits per heavy atom. The third-order valence-electron chi connectivity index (χ3n) is 2.20. The Morgan fingerprint density at radius 1 is 1.31 bits per heavy atom. The highest BCUT2D eigenvalue weighted by Crippen LogP contribution is 2.23. The van der Waals surface area contributed by atoms with Gasteiger partial charge in [-0.3, -0.25) is 0 Å². The molecule has 2 nitrogen and oxygen atoms in total. The van der Waals surface area contributed by atoms with Crippen molar-refractivity contribution < 1.29 is 0 Å². The average molecular weight is 297 g/mol. The van der Waals surface area contributed by atoms with E-state index in [0.29, 0.717) is 0 Å². The standard InChI is InChI=1S/C12H13BrN2S/c1-8-4-9(14)6-10(5-8)15-7-11-2-3-12(13)16-11/h2-6,15H,7,14H2,1H3. The molecule has 0 saturated carbocycles. The summed E-state index contributed by atoms with van der Waals surface area (Å²) in [5.41, 5.74) is 8.84. The normalized spacial score (nSPS) is 10.4. The summed E-state index contributed by atoms with van der Waals surface area (Å²) < 4.78 is 1.16. The number of halogens is 1. The Bertz CT molecular complexity index is 473. The molecule has 0 unspecified atom stereocenters. The lowest BCUT2D eigenvalue weighted by atomic mass is 10.2. The van der Waals surface area contributed by atoms with Crippen LogP contribution in [0.15, 0.2) is 34.1 Å². The third-order valence-corrected chi connectivity index (χ3v) is 3.82. The summed E-state index contributed by atoms with van der Waals surface area (Å²) in [7, 11) is 0. The zero-order valence-corrected chi connectivity index (χ0v) is 11.4. The van der Waals surface area contributed by atoms with Gasteiger partial charge in [0, 0.05) is 22.8 Å². The van der Waals surface area contributed by atoms with Crippen LogP contribution in [0.5, 0.6) is 0 Å². The van der Waals surface area contributed by atoms with Crippen molar-refractivity contribution in [3.05, 3.63) is 44.6 Å². The molecule has 2 rings (SSSR count). The minimum atomic E-state index is 0.801. The van der Waals surface area contributed by atoms with Gasteiger partial charge in [0.25, 0.3) is 0 Å². The Morgan fingerprint density at radius 3 is 2.75 bits per heavy atom. The van der Waals surface area contributed by atoms with E-state index in [4.69, 9.17) is 5.73 Å². The fourth-order valence-electron chi connectivity index (χ4n) is 1.55. The Labute approximate surface area is 108 Å². The van der Waals surface area contributed by atoms with Crippen LogP contribution in [0.3, 0.4) is 0 Å². The molecular formula is C12H13BrN2S. The van der Waals surface area contributed by atoms with E-state index in [-0.39, 0.29) is 0 Å². The summed E-state index contributed by atoms with van der Waals surface area (Å²) in [6.45, 7) is 2.88. The Hall–Kier alpha value is -1.000. The van der Waals surface area contributed by atoms with Gasteiger partial charge in [-0.05, 0) is 58.7 Å². The number of nitrogens with two attached hydrogens (primary N) is 1. The molecule has 16 heavy (non-hydrogen) atoms. The molecule has 0 saturated heterocycles. The van der Waals surface area contributed by atoms with E-state index in [0.717, 1.165) is 21.7 Å². The second kappa shape index (κ2) is 4.89. The summed E-state index contributed by atoms with van der Waals surface area (Å²) in [5.74, 6) is 0. The first-order chi connectivity index (χ1) is 7.63. The van der Waals surface area contributed by atoms with Crippen molar-refractivity contribution >= 4 is 38.6 Å². The number of thiophene rings is 1. The number of anilines is 2. The lowest BCUT2D eigenvalue weighted by Gasteiger charge is -2.07. The van der Waals surface area contributed by atoms with Crippen LogP contribution < -0.4 is 11.1 Å². The lowest BCUT2D eigenvalue weighted by Crippen LogP contribution is -1.98. The molecule has 0 spiro atoms. The zero-order valence-electron chi connectivity index (χ0n) is 8.96. The van der Waals surface area contributed by atoms with Gasteiger partial charge in [0.05, 0.1) is 3.79 Å². The molecule has 1 aromatic heterocycles. The predicted octanol–water partition coefficient (Wildman–Crippen LogP) is 4.01. The predicted molar refractivity (Wildman–Crippen MR) is 74.9 cm³/mol. The van der Waals surface area contributed by atoms with Gasteiger partial charge in [0.15, 0.2) is 0 Å². The Balaban J connectivity index is 2.04. The first-order valence-corrected chi connectivity index (χ1v) is 6.60. The number of hydrogen-bond acceptors (Lipinski definition) is 3. The highest BCUT2D eigenvalue weighted by Gasteiger charge is 1.99. The highest BCUT2D eigenvalue weighted by molar-refractivity contribution is 9.11. The number of nitrogens with one attached hydrogen (secondary N) is 1. The fourth-order valence-corrected chi connectivity index (χ4v) is 2.97. The van der Waals surface area contributed by atoms with Crippen LogP contribution in [-0.2, 0) is 6.54 Å². The van der Waals surface area contributed by atoms with Gasteiger partial charge in [-0.2, -0.15) is 0 Å². The second-order valence-electron chi connectivity index (χ2n) is 3.69. The lowest BCUT2D eigenvalue weighted by molar-refractivity contribution is 1.19. The van der Waals surface area contributed by atoms with Crippen molar-refractivity contribution in [1.82, 2.24) is 0 Å². The maximum absolute atomic E-state index is 5.79. The number of hydrogen-bond donors (Lipinski definition) is 2. The van der Waals surface area contributed by atoms with E-state index in [1.165, 1.54) is 10.4 Å². The van der Waals surface area contributed by atoms with Crippen LogP contribution in [0, 0.1) is 6.92 Å². The van der Waals surface area contributed by atoms with Gasteiger partial charge in [-0.15, -0.1) is 11.3 Å². The van der Waals surface area contributed by atoms with Gasteiger partial charge < -0.3 is 11.1 Å². The second-order valence-corrected chi connectivity index (χ2v) is 6.24. The van der Waals surface area contributed by atoms with Crippen LogP contribution >= 0.6 is 27.3 Å². The fraction of sp³-hybridized carbons (Fsp3) is 0.167. The third kappa shape index (κ3) is 3.00. The van der Waals surface area contributed by atoms with Crippen molar-refractivity contribution in [3.63, 3.8) is 0 Å². The van der Waals surface area contributed by atoms with E-state index in [2.05, 4.69) is 39.4 Å². The maximum Gasteiger partial charge on any atom is 0.0702 e. The Kier molecular flexibility index (Phi) is 3.51. The van der Waals surface area contributed by atoms with Crippen molar-refractivity contribution in [1.29, 1.82) is 0 Å². The van der Waals surface area contributed by atoms with Gasteiger partial charge in [-0.25, -0.2) is 0 Å². The molecule has 1 aromatic carbocycles. The average Bonchev–Trinajstić information content (AvgIpc) is 2.60. The summed E-state index contributed by atoms with van der Waals surface area (Å²) >= 11 is 5.19. The van der Waals surface area contributed by atoms with Crippen molar-refractivity contribution in [2.24, 2.45) is 0 Å². The topological polar surface area (TPSA) is 38.0 Å². The molecule has 2 aromatic rings. The van der Waals surface area contributed by atoms with Crippen LogP contribution in [-0.4, -0.2) is 0 Å². The largest absolute Gasteiger partial charge is 0.399 e. The number of rotatable bonds is 3. The maximum atomic E-state index is 5.79. The number of nitrogen functional groups attached to an aromatic ring is 1. The van der Waals surface area contributed by atoms with E-state index < -0.39 is 0 Å². The van der Waals surface area contributed by atoms with Crippen LogP contribution in [0.2, 0.25) is 0 Å². The minimum absolute atomic E-state index is 0.801. The molecule has 0 aliphatic carbocycles. The molecule has 0 fully saturated rings. The van der Waals surface area contributed by atoms with Gasteiger partial charge in [0.2, 0.25) is 0 Å². The van der Waals surface area contributed by atoms with E-state index in [1.807, 2.05) is 19.1 Å². The number of benzene rings is 1. The molecule has 3 N–H and O–H groups in total. The van der Waals surface area contributed by atoms with Gasteiger partial charge >= 0.3 is 0 Å². The molecule has 1 heterocycles. The first-order valence-electron chi connectivity index (χ1n) is 4.99. The van der Waals surface area contributed by atoms with E-state index >= 15 is 0 Å². The number of aryl methyl sites for hydroxylation is 1.